The number of rotatable bonds is 2. The molecule has 0 saturated heterocycles. The first-order valence-electron chi connectivity index (χ1n) is 4.37. The van der Waals surface area contributed by atoms with E-state index in [0.29, 0.717) is 5.15 Å². The Morgan fingerprint density at radius 3 is 3.00 bits per heavy atom. The number of hydrogen-bond donors (Lipinski definition) is 0. The van der Waals surface area contributed by atoms with Crippen LogP contribution in [0, 0.1) is 0 Å². The summed E-state index contributed by atoms with van der Waals surface area (Å²) in [6.07, 6.45) is 5.74. The van der Waals surface area contributed by atoms with Crippen LogP contribution in [-0.2, 0) is 0 Å². The minimum absolute atomic E-state index is 0.494. The van der Waals surface area contributed by atoms with Gasteiger partial charge in [-0.25, -0.2) is 4.98 Å². The summed E-state index contributed by atoms with van der Waals surface area (Å²) in [7, 11) is 2.56. The van der Waals surface area contributed by atoms with Gasteiger partial charge >= 0.3 is 0 Å². The van der Waals surface area contributed by atoms with E-state index in [1.807, 2.05) is 12.1 Å². The Balaban J connectivity index is 2.44. The fourth-order valence-corrected chi connectivity index (χ4v) is 1.64. The molecule has 14 heavy (non-hydrogen) atoms. The Morgan fingerprint density at radius 2 is 2.36 bits per heavy atom. The van der Waals surface area contributed by atoms with Gasteiger partial charge in [0, 0.05) is 5.56 Å². The van der Waals surface area contributed by atoms with Crippen LogP contribution >= 0.6 is 11.6 Å². The zero-order chi connectivity index (χ0) is 9.97. The van der Waals surface area contributed by atoms with Gasteiger partial charge in [0.25, 0.3) is 0 Å². The Bertz CT molecular complexity index is 415. The summed E-state index contributed by atoms with van der Waals surface area (Å²) >= 11 is 5.84. The summed E-state index contributed by atoms with van der Waals surface area (Å²) in [6, 6.07) is 1.83. The van der Waals surface area contributed by atoms with Crippen LogP contribution in [0.25, 0.3) is 5.47 Å². The van der Waals surface area contributed by atoms with Crippen LogP contribution in [0.5, 0.6) is 5.75 Å². The maximum atomic E-state index is 5.84. The summed E-state index contributed by atoms with van der Waals surface area (Å²) in [6.45, 7) is 0. The van der Waals surface area contributed by atoms with Crippen molar-refractivity contribution in [2.45, 2.75) is 0 Å². The van der Waals surface area contributed by atoms with Crippen LogP contribution in [0.2, 0.25) is 5.15 Å². The highest BCUT2D eigenvalue weighted by molar-refractivity contribution is 6.67. The van der Waals surface area contributed by atoms with Crippen molar-refractivity contribution in [3.8, 4) is 5.75 Å². The third kappa shape index (κ3) is 1.68. The topological polar surface area (TPSA) is 22.1 Å². The number of halogens is 1. The second-order valence-electron chi connectivity index (χ2n) is 3.03. The van der Waals surface area contributed by atoms with Crippen LogP contribution in [-0.4, -0.2) is 19.4 Å². The van der Waals surface area contributed by atoms with E-state index in [0.717, 1.165) is 18.6 Å². The van der Waals surface area contributed by atoms with E-state index < -0.39 is 0 Å². The zero-order valence-corrected chi connectivity index (χ0v) is 8.58. The van der Waals surface area contributed by atoms with E-state index >= 15 is 0 Å². The van der Waals surface area contributed by atoms with Gasteiger partial charge in [0.05, 0.1) is 13.3 Å². The molecule has 1 aliphatic rings. The highest BCUT2D eigenvalue weighted by Crippen LogP contribution is 2.28. The van der Waals surface area contributed by atoms with Crippen molar-refractivity contribution in [2.75, 3.05) is 7.11 Å². The number of hydrogen-bond acceptors (Lipinski definition) is 2. The second-order valence-corrected chi connectivity index (χ2v) is 3.42. The normalized spacial score (nSPS) is 13.7. The molecular weight excluding hydrogens is 196 g/mol. The third-order valence-electron chi connectivity index (χ3n) is 2.17. The van der Waals surface area contributed by atoms with Gasteiger partial charge in [-0.2, -0.15) is 0 Å². The maximum Gasteiger partial charge on any atom is 0.183 e. The molecule has 0 unspecified atom stereocenters. The minimum atomic E-state index is 0.494. The summed E-state index contributed by atoms with van der Waals surface area (Å²) < 4.78 is 5.22. The molecule has 0 aromatic carbocycles. The van der Waals surface area contributed by atoms with Gasteiger partial charge in [0.2, 0.25) is 0 Å². The van der Waals surface area contributed by atoms with Crippen molar-refractivity contribution >= 4 is 24.4 Å². The number of methoxy groups -OCH3 is 1. The summed E-state index contributed by atoms with van der Waals surface area (Å²) in [5, 5.41) is 0.494. The molecule has 2 nitrogen and oxygen atoms in total. The van der Waals surface area contributed by atoms with Gasteiger partial charge in [0.15, 0.2) is 7.28 Å². The average Bonchev–Trinajstić information content (AvgIpc) is 2.70. The van der Waals surface area contributed by atoms with E-state index in [-0.39, 0.29) is 0 Å². The van der Waals surface area contributed by atoms with E-state index in [1.165, 1.54) is 5.47 Å². The van der Waals surface area contributed by atoms with Crippen LogP contribution in [0.3, 0.4) is 0 Å². The SMILES string of the molecule is COc1cnc(Cl)cc1C1=CC=CB1. The van der Waals surface area contributed by atoms with Gasteiger partial charge in [-0.1, -0.05) is 29.2 Å². The van der Waals surface area contributed by atoms with Crippen LogP contribution in [0.4, 0.5) is 0 Å². The molecule has 4 heteroatoms. The van der Waals surface area contributed by atoms with Gasteiger partial charge in [0.1, 0.15) is 10.9 Å². The van der Waals surface area contributed by atoms with E-state index in [1.54, 1.807) is 13.3 Å². The molecule has 0 radical (unpaired) electrons. The van der Waals surface area contributed by atoms with Crippen LogP contribution < -0.4 is 4.74 Å². The van der Waals surface area contributed by atoms with E-state index in [4.69, 9.17) is 16.3 Å². The monoisotopic (exact) mass is 205 g/mol. The molecule has 0 aliphatic carbocycles. The maximum absolute atomic E-state index is 5.84. The van der Waals surface area contributed by atoms with Gasteiger partial charge in [-0.05, 0) is 6.07 Å². The Hall–Kier alpha value is -1.22. The molecule has 0 amide bonds. The average molecular weight is 205 g/mol. The lowest BCUT2D eigenvalue weighted by atomic mass is 9.70. The number of pyridine rings is 1. The molecule has 1 aliphatic heterocycles. The van der Waals surface area contributed by atoms with Crippen molar-refractivity contribution in [1.29, 1.82) is 0 Å². The molecule has 70 valence electrons. The number of nitrogens with zero attached hydrogens (tertiary/aromatic N) is 1. The number of allylic oxidation sites excluding steroid dienone is 2. The van der Waals surface area contributed by atoms with Gasteiger partial charge in [-0.15, -0.1) is 5.98 Å². The summed E-state index contributed by atoms with van der Waals surface area (Å²) in [5.41, 5.74) is 2.24. The van der Waals surface area contributed by atoms with Crippen LogP contribution in [0.1, 0.15) is 5.56 Å². The second kappa shape index (κ2) is 3.88. The molecule has 1 aromatic rings. The van der Waals surface area contributed by atoms with E-state index in [2.05, 4.69) is 17.0 Å². The molecule has 0 N–H and O–H groups in total. The predicted molar refractivity (Wildman–Crippen MR) is 60.1 cm³/mol. The Kier molecular flexibility index (Phi) is 2.59. The molecule has 2 heterocycles. The zero-order valence-electron chi connectivity index (χ0n) is 7.83. The highest BCUT2D eigenvalue weighted by atomic mass is 35.5. The first-order valence-corrected chi connectivity index (χ1v) is 4.74. The molecule has 0 spiro atoms. The molecule has 2 rings (SSSR count). The van der Waals surface area contributed by atoms with E-state index in [9.17, 15) is 0 Å². The highest BCUT2D eigenvalue weighted by Gasteiger charge is 2.11. The van der Waals surface area contributed by atoms with Gasteiger partial charge in [-0.3, -0.25) is 0 Å². The first kappa shape index (κ1) is 9.34. The molecule has 1 aromatic heterocycles. The quantitative estimate of drug-likeness (QED) is 0.545. The minimum Gasteiger partial charge on any atom is -0.495 e. The summed E-state index contributed by atoms with van der Waals surface area (Å²) in [4.78, 5) is 3.97. The molecule has 0 atom stereocenters. The fourth-order valence-electron chi connectivity index (χ4n) is 1.48. The number of ether oxygens (including phenoxy) is 1. The number of aromatic nitrogens is 1. The standard InChI is InChI=1S/C10H9BClNO/c1-14-9-6-13-10(12)5-7(9)8-3-2-4-11-8/h2-6,11H,1H3. The van der Waals surface area contributed by atoms with Crippen molar-refractivity contribution in [3.63, 3.8) is 0 Å². The van der Waals surface area contributed by atoms with Crippen LogP contribution in [0.15, 0.2) is 30.4 Å². The predicted octanol–water partition coefficient (Wildman–Crippen LogP) is 2.05. The lowest BCUT2D eigenvalue weighted by Crippen LogP contribution is -1.95. The van der Waals surface area contributed by atoms with Gasteiger partial charge < -0.3 is 4.74 Å². The smallest absolute Gasteiger partial charge is 0.183 e. The molecule has 0 saturated carbocycles. The lowest BCUT2D eigenvalue weighted by Gasteiger charge is -2.08. The molecule has 0 bridgehead atoms. The molecular formula is C10H9BClNO. The van der Waals surface area contributed by atoms with Crippen molar-refractivity contribution in [1.82, 2.24) is 4.98 Å². The van der Waals surface area contributed by atoms with Crippen molar-refractivity contribution in [2.24, 2.45) is 0 Å². The largest absolute Gasteiger partial charge is 0.495 e. The van der Waals surface area contributed by atoms with Crippen molar-refractivity contribution < 1.29 is 4.74 Å². The van der Waals surface area contributed by atoms with Crippen molar-refractivity contribution in [3.05, 3.63) is 41.1 Å². The summed E-state index contributed by atoms with van der Waals surface area (Å²) in [5.74, 6) is 2.87. The Morgan fingerprint density at radius 1 is 1.50 bits per heavy atom. The Labute approximate surface area is 88.5 Å². The molecule has 0 fully saturated rings. The lowest BCUT2D eigenvalue weighted by molar-refractivity contribution is 0.412. The third-order valence-corrected chi connectivity index (χ3v) is 2.38. The fraction of sp³-hybridized carbons (Fsp3) is 0.100. The first-order chi connectivity index (χ1) is 6.81.